The molecule has 0 atom stereocenters. The molecule has 0 spiro atoms. The van der Waals surface area contributed by atoms with Crippen LogP contribution in [0.15, 0.2) is 30.5 Å². The van der Waals surface area contributed by atoms with E-state index in [4.69, 9.17) is 10.5 Å². The molecule has 0 unspecified atom stereocenters. The Labute approximate surface area is 104 Å². The molecule has 0 radical (unpaired) electrons. The number of anilines is 2. The molecule has 1 amide bonds. The Kier molecular flexibility index (Phi) is 3.18. The number of ether oxygens (including phenoxy) is 1. The van der Waals surface area contributed by atoms with Crippen LogP contribution in [0.4, 0.5) is 11.5 Å². The summed E-state index contributed by atoms with van der Waals surface area (Å²) in [4.78, 5) is 12.0. The molecule has 0 aliphatic carbocycles. The molecule has 0 saturated heterocycles. The number of carbonyl (C=O) groups excluding carboxylic acids is 1. The van der Waals surface area contributed by atoms with E-state index in [-0.39, 0.29) is 5.91 Å². The zero-order valence-corrected chi connectivity index (χ0v) is 10.2. The molecule has 6 nitrogen and oxygen atoms in total. The summed E-state index contributed by atoms with van der Waals surface area (Å²) in [5.74, 6) is 0.899. The SMILES string of the molecule is COc1cc(N)cc(C(=O)Nc2ccnn2C)c1. The lowest BCUT2D eigenvalue weighted by Crippen LogP contribution is -2.15. The zero-order valence-electron chi connectivity index (χ0n) is 10.2. The van der Waals surface area contributed by atoms with E-state index >= 15 is 0 Å². The van der Waals surface area contributed by atoms with Crippen LogP contribution in [0.2, 0.25) is 0 Å². The van der Waals surface area contributed by atoms with E-state index in [0.29, 0.717) is 22.8 Å². The minimum Gasteiger partial charge on any atom is -0.497 e. The van der Waals surface area contributed by atoms with Crippen molar-refractivity contribution >= 4 is 17.4 Å². The number of nitrogens with two attached hydrogens (primary N) is 1. The van der Waals surface area contributed by atoms with Crippen LogP contribution < -0.4 is 15.8 Å². The van der Waals surface area contributed by atoms with Gasteiger partial charge in [0.2, 0.25) is 0 Å². The maximum atomic E-state index is 12.0. The van der Waals surface area contributed by atoms with Gasteiger partial charge in [0.05, 0.1) is 13.3 Å². The van der Waals surface area contributed by atoms with Gasteiger partial charge in [0, 0.05) is 30.4 Å². The lowest BCUT2D eigenvalue weighted by atomic mass is 10.2. The van der Waals surface area contributed by atoms with Crippen molar-refractivity contribution in [3.05, 3.63) is 36.0 Å². The van der Waals surface area contributed by atoms with Crippen molar-refractivity contribution in [3.63, 3.8) is 0 Å². The van der Waals surface area contributed by atoms with E-state index in [1.54, 1.807) is 42.2 Å². The second kappa shape index (κ2) is 4.79. The first-order chi connectivity index (χ1) is 8.60. The Morgan fingerprint density at radius 3 is 2.83 bits per heavy atom. The number of nitrogen functional groups attached to an aromatic ring is 1. The summed E-state index contributed by atoms with van der Waals surface area (Å²) in [5.41, 5.74) is 6.61. The molecule has 3 N–H and O–H groups in total. The Balaban J connectivity index is 2.24. The molecule has 18 heavy (non-hydrogen) atoms. The first-order valence-corrected chi connectivity index (χ1v) is 5.34. The van der Waals surface area contributed by atoms with Gasteiger partial charge in [-0.15, -0.1) is 0 Å². The minimum absolute atomic E-state index is 0.260. The molecule has 2 rings (SSSR count). The van der Waals surface area contributed by atoms with Crippen LogP contribution in [-0.4, -0.2) is 22.8 Å². The van der Waals surface area contributed by atoms with Gasteiger partial charge in [-0.05, 0) is 12.1 Å². The predicted octanol–water partition coefficient (Wildman–Crippen LogP) is 1.26. The number of rotatable bonds is 3. The lowest BCUT2D eigenvalue weighted by molar-refractivity contribution is 0.102. The molecule has 0 saturated carbocycles. The fourth-order valence-corrected chi connectivity index (χ4v) is 1.56. The van der Waals surface area contributed by atoms with Crippen molar-refractivity contribution in [2.45, 2.75) is 0 Å². The van der Waals surface area contributed by atoms with Crippen molar-refractivity contribution in [2.24, 2.45) is 7.05 Å². The number of nitrogens with zero attached hydrogens (tertiary/aromatic N) is 2. The Morgan fingerprint density at radius 2 is 2.22 bits per heavy atom. The van der Waals surface area contributed by atoms with E-state index < -0.39 is 0 Å². The fourth-order valence-electron chi connectivity index (χ4n) is 1.56. The van der Waals surface area contributed by atoms with E-state index in [0.717, 1.165) is 0 Å². The molecule has 2 aromatic rings. The molecule has 0 aliphatic heterocycles. The summed E-state index contributed by atoms with van der Waals surface area (Å²) in [5, 5.41) is 6.70. The third kappa shape index (κ3) is 2.42. The fraction of sp³-hybridized carbons (Fsp3) is 0.167. The van der Waals surface area contributed by atoms with Gasteiger partial charge < -0.3 is 15.8 Å². The average Bonchev–Trinajstić information content (AvgIpc) is 2.74. The van der Waals surface area contributed by atoms with Gasteiger partial charge in [-0.25, -0.2) is 0 Å². The molecular weight excluding hydrogens is 232 g/mol. The maximum Gasteiger partial charge on any atom is 0.257 e. The number of nitrogens with one attached hydrogen (secondary N) is 1. The number of methoxy groups -OCH3 is 1. The van der Waals surface area contributed by atoms with Crippen LogP contribution in [0.3, 0.4) is 0 Å². The number of amides is 1. The van der Waals surface area contributed by atoms with Crippen LogP contribution in [0.25, 0.3) is 0 Å². The minimum atomic E-state index is -0.260. The number of hydrogen-bond donors (Lipinski definition) is 2. The first kappa shape index (κ1) is 12.0. The molecule has 1 aromatic heterocycles. The summed E-state index contributed by atoms with van der Waals surface area (Å²) in [6, 6.07) is 6.58. The number of carbonyl (C=O) groups is 1. The van der Waals surface area contributed by atoms with Crippen LogP contribution in [0.5, 0.6) is 5.75 Å². The van der Waals surface area contributed by atoms with Gasteiger partial charge in [-0.2, -0.15) is 5.10 Å². The highest BCUT2D eigenvalue weighted by Crippen LogP contribution is 2.19. The van der Waals surface area contributed by atoms with Gasteiger partial charge in [0.1, 0.15) is 11.6 Å². The number of aryl methyl sites for hydroxylation is 1. The van der Waals surface area contributed by atoms with Crippen molar-refractivity contribution in [2.75, 3.05) is 18.2 Å². The van der Waals surface area contributed by atoms with Gasteiger partial charge >= 0.3 is 0 Å². The highest BCUT2D eigenvalue weighted by Gasteiger charge is 2.10. The smallest absolute Gasteiger partial charge is 0.257 e. The maximum absolute atomic E-state index is 12.0. The number of benzene rings is 1. The molecule has 6 heteroatoms. The van der Waals surface area contributed by atoms with Gasteiger partial charge in [0.15, 0.2) is 0 Å². The quantitative estimate of drug-likeness (QED) is 0.799. The predicted molar refractivity (Wildman–Crippen MR) is 68.6 cm³/mol. The number of hydrogen-bond acceptors (Lipinski definition) is 4. The second-order valence-electron chi connectivity index (χ2n) is 3.79. The van der Waals surface area contributed by atoms with Gasteiger partial charge in [0.25, 0.3) is 5.91 Å². The molecule has 1 aromatic carbocycles. The van der Waals surface area contributed by atoms with E-state index in [1.165, 1.54) is 7.11 Å². The molecule has 0 aliphatic rings. The summed E-state index contributed by atoms with van der Waals surface area (Å²) in [6.45, 7) is 0. The monoisotopic (exact) mass is 246 g/mol. The Morgan fingerprint density at radius 1 is 1.44 bits per heavy atom. The third-order valence-corrected chi connectivity index (χ3v) is 2.49. The molecule has 0 fully saturated rings. The first-order valence-electron chi connectivity index (χ1n) is 5.34. The van der Waals surface area contributed by atoms with Crippen molar-refractivity contribution in [1.29, 1.82) is 0 Å². The van der Waals surface area contributed by atoms with E-state index in [9.17, 15) is 4.79 Å². The van der Waals surface area contributed by atoms with Gasteiger partial charge in [-0.3, -0.25) is 9.48 Å². The van der Waals surface area contributed by atoms with Gasteiger partial charge in [-0.1, -0.05) is 0 Å². The Bertz CT molecular complexity index is 577. The molecule has 94 valence electrons. The summed E-state index contributed by atoms with van der Waals surface area (Å²) < 4.78 is 6.64. The van der Waals surface area contributed by atoms with E-state index in [2.05, 4.69) is 10.4 Å². The highest BCUT2D eigenvalue weighted by atomic mass is 16.5. The average molecular weight is 246 g/mol. The zero-order chi connectivity index (χ0) is 13.1. The standard InChI is InChI=1S/C12H14N4O2/c1-16-11(3-4-14-16)15-12(17)8-5-9(13)7-10(6-8)18-2/h3-7H,13H2,1-2H3,(H,15,17). The van der Waals surface area contributed by atoms with Crippen molar-refractivity contribution in [3.8, 4) is 5.75 Å². The normalized spacial score (nSPS) is 10.1. The van der Waals surface area contributed by atoms with Crippen LogP contribution in [0.1, 0.15) is 10.4 Å². The van der Waals surface area contributed by atoms with Crippen LogP contribution >= 0.6 is 0 Å². The molecule has 0 bridgehead atoms. The highest BCUT2D eigenvalue weighted by molar-refractivity contribution is 6.04. The number of aromatic nitrogens is 2. The second-order valence-corrected chi connectivity index (χ2v) is 3.79. The largest absolute Gasteiger partial charge is 0.497 e. The van der Waals surface area contributed by atoms with Crippen LogP contribution in [-0.2, 0) is 7.05 Å². The summed E-state index contributed by atoms with van der Waals surface area (Å²) in [6.07, 6.45) is 1.61. The lowest BCUT2D eigenvalue weighted by Gasteiger charge is -2.08. The molecule has 1 heterocycles. The van der Waals surface area contributed by atoms with Crippen LogP contribution in [0, 0.1) is 0 Å². The summed E-state index contributed by atoms with van der Waals surface area (Å²) in [7, 11) is 3.27. The summed E-state index contributed by atoms with van der Waals surface area (Å²) >= 11 is 0. The van der Waals surface area contributed by atoms with Crippen molar-refractivity contribution in [1.82, 2.24) is 9.78 Å². The molecular formula is C12H14N4O2. The van der Waals surface area contributed by atoms with Crippen molar-refractivity contribution < 1.29 is 9.53 Å². The topological polar surface area (TPSA) is 82.2 Å². The Hall–Kier alpha value is -2.50. The van der Waals surface area contributed by atoms with E-state index in [1.807, 2.05) is 0 Å². The third-order valence-electron chi connectivity index (χ3n) is 2.49.